The number of hydrogen-bond acceptors (Lipinski definition) is 4. The molecule has 0 saturated heterocycles. The van der Waals surface area contributed by atoms with Gasteiger partial charge in [-0.2, -0.15) is 0 Å². The van der Waals surface area contributed by atoms with Crippen molar-refractivity contribution in [2.45, 2.75) is 6.92 Å². The van der Waals surface area contributed by atoms with E-state index in [0.29, 0.717) is 13.2 Å². The maximum Gasteiger partial charge on any atom is 0.0673 e. The zero-order chi connectivity index (χ0) is 6.41. The minimum absolute atomic E-state index is 0.0243. The average molecular weight is 120 g/mol. The number of rotatable bonds is 4. The highest BCUT2D eigenvalue weighted by Gasteiger charge is 1.91. The van der Waals surface area contributed by atoms with Crippen LogP contribution in [0.1, 0.15) is 6.92 Å². The molecule has 0 aromatic carbocycles. The van der Waals surface area contributed by atoms with E-state index in [9.17, 15) is 0 Å². The van der Waals surface area contributed by atoms with Crippen molar-refractivity contribution in [2.24, 2.45) is 5.84 Å². The van der Waals surface area contributed by atoms with Gasteiger partial charge in [0, 0.05) is 0 Å². The van der Waals surface area contributed by atoms with E-state index in [0.717, 1.165) is 5.17 Å². The van der Waals surface area contributed by atoms with Crippen LogP contribution >= 0.6 is 0 Å². The molecular formula is C4H12N2O2. The second-order valence-corrected chi connectivity index (χ2v) is 1.28. The lowest BCUT2D eigenvalue weighted by atomic mass is 10.7. The molecule has 50 valence electrons. The quantitative estimate of drug-likeness (QED) is 0.373. The summed E-state index contributed by atoms with van der Waals surface area (Å²) >= 11 is 0. The Morgan fingerprint density at radius 2 is 2.38 bits per heavy atom. The fourth-order valence-corrected chi connectivity index (χ4v) is 0.329. The topological polar surface area (TPSA) is 58.7 Å². The van der Waals surface area contributed by atoms with Gasteiger partial charge in [0.05, 0.1) is 19.8 Å². The molecular weight excluding hydrogens is 108 g/mol. The number of aliphatic hydroxyl groups excluding tert-OH is 1. The van der Waals surface area contributed by atoms with E-state index in [1.165, 1.54) is 0 Å². The summed E-state index contributed by atoms with van der Waals surface area (Å²) in [7, 11) is 0. The lowest BCUT2D eigenvalue weighted by Gasteiger charge is -2.11. The molecule has 0 saturated carbocycles. The zero-order valence-electron chi connectivity index (χ0n) is 5.00. The van der Waals surface area contributed by atoms with Gasteiger partial charge in [-0.3, -0.25) is 4.84 Å². The molecule has 0 aromatic heterocycles. The fourth-order valence-electron chi connectivity index (χ4n) is 0.329. The highest BCUT2D eigenvalue weighted by Crippen LogP contribution is 1.76. The lowest BCUT2D eigenvalue weighted by molar-refractivity contribution is -0.162. The van der Waals surface area contributed by atoms with Crippen LogP contribution in [0.5, 0.6) is 0 Å². The van der Waals surface area contributed by atoms with E-state index >= 15 is 0 Å². The Kier molecular flexibility index (Phi) is 4.89. The molecule has 0 rings (SSSR count). The van der Waals surface area contributed by atoms with E-state index in [-0.39, 0.29) is 6.61 Å². The van der Waals surface area contributed by atoms with Gasteiger partial charge in [-0.15, -0.1) is 5.17 Å². The number of hydrazine groups is 1. The maximum atomic E-state index is 8.26. The summed E-state index contributed by atoms with van der Waals surface area (Å²) in [6.45, 7) is 2.75. The molecule has 3 N–H and O–H groups in total. The van der Waals surface area contributed by atoms with E-state index in [1.807, 2.05) is 6.92 Å². The smallest absolute Gasteiger partial charge is 0.0673 e. The third kappa shape index (κ3) is 4.01. The van der Waals surface area contributed by atoms with Crippen molar-refractivity contribution < 1.29 is 9.94 Å². The fraction of sp³-hybridized carbons (Fsp3) is 1.00. The second kappa shape index (κ2) is 4.99. The Morgan fingerprint density at radius 1 is 1.75 bits per heavy atom. The van der Waals surface area contributed by atoms with Crippen LogP contribution in [0.25, 0.3) is 0 Å². The van der Waals surface area contributed by atoms with Gasteiger partial charge in [-0.25, -0.2) is 5.84 Å². The first-order valence-corrected chi connectivity index (χ1v) is 2.57. The molecule has 0 unspecified atom stereocenters. The summed E-state index contributed by atoms with van der Waals surface area (Å²) in [6.07, 6.45) is 0. The van der Waals surface area contributed by atoms with E-state index < -0.39 is 0 Å². The number of nitrogens with two attached hydrogens (primary N) is 1. The van der Waals surface area contributed by atoms with Gasteiger partial charge in [-0.1, -0.05) is 0 Å². The largest absolute Gasteiger partial charge is 0.395 e. The van der Waals surface area contributed by atoms with Crippen molar-refractivity contribution in [1.82, 2.24) is 5.17 Å². The van der Waals surface area contributed by atoms with Crippen molar-refractivity contribution in [3.05, 3.63) is 0 Å². The van der Waals surface area contributed by atoms with Crippen LogP contribution < -0.4 is 5.84 Å². The Labute approximate surface area is 48.8 Å². The average Bonchev–Trinajstić information content (AvgIpc) is 1.68. The summed E-state index contributed by atoms with van der Waals surface area (Å²) in [4.78, 5) is 4.73. The first kappa shape index (κ1) is 7.84. The van der Waals surface area contributed by atoms with E-state index in [2.05, 4.69) is 0 Å². The molecule has 0 amide bonds. The summed E-state index contributed by atoms with van der Waals surface area (Å²) in [5.41, 5.74) is 0. The molecule has 0 spiro atoms. The van der Waals surface area contributed by atoms with Gasteiger partial charge < -0.3 is 5.11 Å². The lowest BCUT2D eigenvalue weighted by Crippen LogP contribution is -2.33. The van der Waals surface area contributed by atoms with Gasteiger partial charge in [-0.05, 0) is 6.92 Å². The van der Waals surface area contributed by atoms with Crippen LogP contribution in [0, 0.1) is 0 Å². The van der Waals surface area contributed by atoms with Gasteiger partial charge in [0.15, 0.2) is 0 Å². The molecule has 0 heterocycles. The van der Waals surface area contributed by atoms with E-state index in [1.54, 1.807) is 0 Å². The SMILES string of the molecule is CCON(N)CCO. The molecule has 0 aliphatic rings. The Bertz CT molecular complexity index is 45.3. The number of nitrogens with zero attached hydrogens (tertiary/aromatic N) is 1. The third-order valence-electron chi connectivity index (χ3n) is 0.615. The number of aliphatic hydroxyl groups is 1. The molecule has 0 fully saturated rings. The Morgan fingerprint density at radius 3 is 2.75 bits per heavy atom. The van der Waals surface area contributed by atoms with Crippen molar-refractivity contribution in [3.8, 4) is 0 Å². The summed E-state index contributed by atoms with van der Waals surface area (Å²) in [5.74, 6) is 5.15. The molecule has 0 atom stereocenters. The standard InChI is InChI=1S/C4H12N2O2/c1-2-8-6(5)3-4-7/h7H,2-5H2,1H3. The third-order valence-corrected chi connectivity index (χ3v) is 0.615. The highest BCUT2D eigenvalue weighted by atomic mass is 16.7. The van der Waals surface area contributed by atoms with Gasteiger partial charge >= 0.3 is 0 Å². The number of hydroxylamine groups is 1. The first-order chi connectivity index (χ1) is 3.81. The monoisotopic (exact) mass is 120 g/mol. The molecule has 0 radical (unpaired) electrons. The maximum absolute atomic E-state index is 8.26. The highest BCUT2D eigenvalue weighted by molar-refractivity contribution is 4.27. The van der Waals surface area contributed by atoms with Crippen molar-refractivity contribution >= 4 is 0 Å². The molecule has 0 aliphatic heterocycles. The van der Waals surface area contributed by atoms with Crippen LogP contribution in [0.4, 0.5) is 0 Å². The molecule has 0 bridgehead atoms. The molecule has 4 heteroatoms. The van der Waals surface area contributed by atoms with Crippen LogP contribution in [-0.4, -0.2) is 30.0 Å². The first-order valence-electron chi connectivity index (χ1n) is 2.57. The van der Waals surface area contributed by atoms with Crippen molar-refractivity contribution in [3.63, 3.8) is 0 Å². The predicted octanol–water partition coefficient (Wildman–Crippen LogP) is -0.894. The molecule has 0 aromatic rings. The Balaban J connectivity index is 2.92. The molecule has 4 nitrogen and oxygen atoms in total. The van der Waals surface area contributed by atoms with E-state index in [4.69, 9.17) is 15.8 Å². The van der Waals surface area contributed by atoms with Crippen molar-refractivity contribution in [2.75, 3.05) is 19.8 Å². The molecule has 0 aliphatic carbocycles. The van der Waals surface area contributed by atoms with Crippen LogP contribution in [-0.2, 0) is 4.84 Å². The van der Waals surface area contributed by atoms with Crippen LogP contribution in [0.2, 0.25) is 0 Å². The predicted molar refractivity (Wildman–Crippen MR) is 29.6 cm³/mol. The summed E-state index contributed by atoms with van der Waals surface area (Å²) < 4.78 is 0. The van der Waals surface area contributed by atoms with Gasteiger partial charge in [0.2, 0.25) is 0 Å². The normalized spacial score (nSPS) is 10.5. The zero-order valence-corrected chi connectivity index (χ0v) is 5.00. The minimum atomic E-state index is 0.0243. The Hall–Kier alpha value is -0.160. The van der Waals surface area contributed by atoms with Crippen LogP contribution in [0.15, 0.2) is 0 Å². The van der Waals surface area contributed by atoms with Crippen LogP contribution in [0.3, 0.4) is 0 Å². The van der Waals surface area contributed by atoms with Gasteiger partial charge in [0.25, 0.3) is 0 Å². The second-order valence-electron chi connectivity index (χ2n) is 1.28. The summed E-state index contributed by atoms with van der Waals surface area (Å²) in [6, 6.07) is 0. The number of hydrogen-bond donors (Lipinski definition) is 2. The summed E-state index contributed by atoms with van der Waals surface area (Å²) in [5, 5.41) is 9.37. The van der Waals surface area contributed by atoms with Gasteiger partial charge in [0.1, 0.15) is 0 Å². The molecule has 8 heavy (non-hydrogen) atoms. The van der Waals surface area contributed by atoms with Crippen molar-refractivity contribution in [1.29, 1.82) is 0 Å². The minimum Gasteiger partial charge on any atom is -0.395 e.